The fraction of sp³-hybridized carbons (Fsp3) is 0.565. The second-order valence-electron chi connectivity index (χ2n) is 8.76. The van der Waals surface area contributed by atoms with Gasteiger partial charge in [0.05, 0.1) is 6.54 Å². The second-order valence-corrected chi connectivity index (χ2v) is 9.89. The normalized spacial score (nSPS) is 20.8. The van der Waals surface area contributed by atoms with E-state index in [1.807, 2.05) is 12.1 Å². The number of piperazine rings is 1. The Morgan fingerprint density at radius 3 is 2.63 bits per heavy atom. The summed E-state index contributed by atoms with van der Waals surface area (Å²) < 4.78 is 1.23. The minimum Gasteiger partial charge on any atom is -0.355 e. The van der Waals surface area contributed by atoms with Crippen molar-refractivity contribution in [2.45, 2.75) is 38.3 Å². The molecule has 6 nitrogen and oxygen atoms in total. The molecule has 0 bridgehead atoms. The summed E-state index contributed by atoms with van der Waals surface area (Å²) in [6.07, 6.45) is 4.98. The molecule has 7 heteroatoms. The fourth-order valence-corrected chi connectivity index (χ4v) is 6.23. The molecule has 5 rings (SSSR count). The van der Waals surface area contributed by atoms with E-state index in [-0.39, 0.29) is 11.8 Å². The molecular formula is C23H30N4O2S. The lowest BCUT2D eigenvalue weighted by Crippen LogP contribution is -2.55. The number of carbonyl (C=O) groups excluding carboxylic acids is 2. The SMILES string of the molecule is CNC(=O)c1ccc2sc3c(c2c1)CCN(CC(=O)N1CCN(C2CCC2)CC1)C3. The van der Waals surface area contributed by atoms with Crippen LogP contribution in [0, 0.1) is 0 Å². The number of nitrogens with zero attached hydrogens (tertiary/aromatic N) is 3. The van der Waals surface area contributed by atoms with Crippen molar-refractivity contribution in [2.75, 3.05) is 46.3 Å². The van der Waals surface area contributed by atoms with Crippen LogP contribution in [0.2, 0.25) is 0 Å². The Morgan fingerprint density at radius 1 is 1.13 bits per heavy atom. The molecule has 2 amide bonds. The van der Waals surface area contributed by atoms with E-state index in [1.54, 1.807) is 18.4 Å². The number of hydrogen-bond donors (Lipinski definition) is 1. The number of thiophene rings is 1. The Morgan fingerprint density at radius 2 is 1.93 bits per heavy atom. The Labute approximate surface area is 181 Å². The quantitative estimate of drug-likeness (QED) is 0.815. The Bertz CT molecular complexity index is 960. The summed E-state index contributed by atoms with van der Waals surface area (Å²) >= 11 is 1.80. The summed E-state index contributed by atoms with van der Waals surface area (Å²) in [7, 11) is 1.66. The van der Waals surface area contributed by atoms with Gasteiger partial charge in [0.2, 0.25) is 5.91 Å². The number of amides is 2. The van der Waals surface area contributed by atoms with E-state index >= 15 is 0 Å². The van der Waals surface area contributed by atoms with Gasteiger partial charge in [0.15, 0.2) is 0 Å². The van der Waals surface area contributed by atoms with Crippen LogP contribution in [0.3, 0.4) is 0 Å². The number of benzene rings is 1. The highest BCUT2D eigenvalue weighted by atomic mass is 32.1. The lowest BCUT2D eigenvalue weighted by Gasteiger charge is -2.43. The number of rotatable bonds is 4. The average molecular weight is 427 g/mol. The number of fused-ring (bicyclic) bond motifs is 3. The number of hydrogen-bond acceptors (Lipinski definition) is 5. The lowest BCUT2D eigenvalue weighted by molar-refractivity contribution is -0.135. The standard InChI is InChI=1S/C23H30N4O2S/c1-24-23(29)16-5-6-20-19(13-16)18-7-8-25(14-21(18)30-20)15-22(28)27-11-9-26(10-12-27)17-3-2-4-17/h5-6,13,17H,2-4,7-12,14-15H2,1H3,(H,24,29). The van der Waals surface area contributed by atoms with Crippen molar-refractivity contribution in [3.05, 3.63) is 34.2 Å². The van der Waals surface area contributed by atoms with Gasteiger partial charge in [-0.15, -0.1) is 11.3 Å². The zero-order chi connectivity index (χ0) is 20.7. The largest absolute Gasteiger partial charge is 0.355 e. The van der Waals surface area contributed by atoms with Gasteiger partial charge in [-0.05, 0) is 48.4 Å². The minimum absolute atomic E-state index is 0.0442. The van der Waals surface area contributed by atoms with Gasteiger partial charge < -0.3 is 10.2 Å². The number of nitrogens with one attached hydrogen (secondary N) is 1. The molecule has 0 radical (unpaired) electrons. The van der Waals surface area contributed by atoms with Crippen LogP contribution in [-0.2, 0) is 17.8 Å². The van der Waals surface area contributed by atoms with Crippen molar-refractivity contribution < 1.29 is 9.59 Å². The lowest BCUT2D eigenvalue weighted by atomic mass is 9.91. The number of carbonyl (C=O) groups is 2. The summed E-state index contributed by atoms with van der Waals surface area (Å²) in [4.78, 5) is 33.1. The van der Waals surface area contributed by atoms with E-state index in [0.29, 0.717) is 12.1 Å². The molecule has 2 aromatic rings. The van der Waals surface area contributed by atoms with Crippen molar-refractivity contribution in [1.82, 2.24) is 20.0 Å². The highest BCUT2D eigenvalue weighted by molar-refractivity contribution is 7.19. The van der Waals surface area contributed by atoms with Crippen molar-refractivity contribution in [1.29, 1.82) is 0 Å². The van der Waals surface area contributed by atoms with Gasteiger partial charge in [-0.1, -0.05) is 6.42 Å². The maximum Gasteiger partial charge on any atom is 0.251 e. The van der Waals surface area contributed by atoms with E-state index in [4.69, 9.17) is 0 Å². The van der Waals surface area contributed by atoms with E-state index in [9.17, 15) is 9.59 Å². The molecule has 0 spiro atoms. The predicted octanol–water partition coefficient (Wildman–Crippen LogP) is 2.32. The van der Waals surface area contributed by atoms with Crippen LogP contribution in [0.5, 0.6) is 0 Å². The molecular weight excluding hydrogens is 396 g/mol. The summed E-state index contributed by atoms with van der Waals surface area (Å²) in [6.45, 7) is 6.06. The molecule has 1 aromatic heterocycles. The maximum atomic E-state index is 12.9. The molecule has 160 valence electrons. The highest BCUT2D eigenvalue weighted by Crippen LogP contribution is 2.36. The van der Waals surface area contributed by atoms with Gasteiger partial charge in [0.25, 0.3) is 5.91 Å². The van der Waals surface area contributed by atoms with E-state index in [2.05, 4.69) is 26.1 Å². The first-order valence-corrected chi connectivity index (χ1v) is 11.9. The third-order valence-corrected chi connectivity index (χ3v) is 8.22. The molecule has 1 aromatic carbocycles. The van der Waals surface area contributed by atoms with Crippen molar-refractivity contribution in [3.8, 4) is 0 Å². The van der Waals surface area contributed by atoms with E-state index in [1.165, 1.54) is 39.8 Å². The smallest absolute Gasteiger partial charge is 0.251 e. The molecule has 1 saturated carbocycles. The molecule has 0 unspecified atom stereocenters. The summed E-state index contributed by atoms with van der Waals surface area (Å²) in [5, 5.41) is 3.91. The van der Waals surface area contributed by atoms with Crippen molar-refractivity contribution in [2.24, 2.45) is 0 Å². The molecule has 0 atom stereocenters. The zero-order valence-corrected chi connectivity index (χ0v) is 18.5. The van der Waals surface area contributed by atoms with Gasteiger partial charge in [-0.3, -0.25) is 19.4 Å². The minimum atomic E-state index is -0.0442. The first-order valence-electron chi connectivity index (χ1n) is 11.1. The van der Waals surface area contributed by atoms with Crippen LogP contribution >= 0.6 is 11.3 Å². The molecule has 30 heavy (non-hydrogen) atoms. The molecule has 1 N–H and O–H groups in total. The molecule has 1 aliphatic carbocycles. The second kappa shape index (κ2) is 8.29. The fourth-order valence-electron chi connectivity index (χ4n) is 4.95. The van der Waals surface area contributed by atoms with Crippen molar-refractivity contribution in [3.63, 3.8) is 0 Å². The Kier molecular flexibility index (Phi) is 5.52. The third kappa shape index (κ3) is 3.74. The van der Waals surface area contributed by atoms with Gasteiger partial charge >= 0.3 is 0 Å². The van der Waals surface area contributed by atoms with Crippen LogP contribution in [0.4, 0.5) is 0 Å². The monoisotopic (exact) mass is 426 g/mol. The van der Waals surface area contributed by atoms with Crippen LogP contribution in [0.15, 0.2) is 18.2 Å². The van der Waals surface area contributed by atoms with Crippen LogP contribution in [0.1, 0.15) is 40.1 Å². The topological polar surface area (TPSA) is 55.9 Å². The van der Waals surface area contributed by atoms with Crippen LogP contribution < -0.4 is 5.32 Å². The van der Waals surface area contributed by atoms with E-state index in [0.717, 1.165) is 51.7 Å². The van der Waals surface area contributed by atoms with Crippen molar-refractivity contribution >= 4 is 33.2 Å². The first-order chi connectivity index (χ1) is 14.6. The van der Waals surface area contributed by atoms with Gasteiger partial charge in [-0.25, -0.2) is 0 Å². The first kappa shape index (κ1) is 20.0. The molecule has 3 heterocycles. The van der Waals surface area contributed by atoms with Gasteiger partial charge in [-0.2, -0.15) is 0 Å². The molecule has 1 saturated heterocycles. The maximum absolute atomic E-state index is 12.9. The Balaban J connectivity index is 1.21. The zero-order valence-electron chi connectivity index (χ0n) is 17.7. The summed E-state index contributed by atoms with van der Waals surface area (Å²) in [5.74, 6) is 0.229. The summed E-state index contributed by atoms with van der Waals surface area (Å²) in [5.41, 5.74) is 2.07. The molecule has 2 fully saturated rings. The van der Waals surface area contributed by atoms with Gasteiger partial charge in [0, 0.05) is 67.5 Å². The van der Waals surface area contributed by atoms with Crippen LogP contribution in [0.25, 0.3) is 10.1 Å². The third-order valence-electron chi connectivity index (χ3n) is 7.03. The van der Waals surface area contributed by atoms with Gasteiger partial charge in [0.1, 0.15) is 0 Å². The summed E-state index contributed by atoms with van der Waals surface area (Å²) in [6, 6.07) is 6.75. The average Bonchev–Trinajstić information content (AvgIpc) is 3.09. The predicted molar refractivity (Wildman–Crippen MR) is 120 cm³/mol. The molecule has 3 aliphatic rings. The Hall–Kier alpha value is -1.96. The van der Waals surface area contributed by atoms with E-state index < -0.39 is 0 Å². The molecule has 2 aliphatic heterocycles. The highest BCUT2D eigenvalue weighted by Gasteiger charge is 2.30. The van der Waals surface area contributed by atoms with Crippen LogP contribution in [-0.4, -0.2) is 78.9 Å².